The van der Waals surface area contributed by atoms with E-state index in [1.54, 1.807) is 6.92 Å². The molecule has 2 heterocycles. The molecule has 0 radical (unpaired) electrons. The van der Waals surface area contributed by atoms with Crippen LogP contribution in [0.3, 0.4) is 0 Å². The molecule has 1 amide bonds. The molecule has 4 unspecified atom stereocenters. The smallest absolute Gasteiger partial charge is 0.412 e. The SMILES string of the molecule is CCCCC/C=C\C/C=C\CCCCCCCCOC(=O)Nc1nc(=O)n(C2OC(C)C(OC(C)=O)C2OC(C)=O)cc1F. The number of hydrogen-bond acceptors (Lipinski definition) is 9. The molecule has 1 fully saturated rings. The second-order valence-electron chi connectivity index (χ2n) is 10.9. The number of halogens is 1. The second kappa shape index (κ2) is 20.4. The lowest BCUT2D eigenvalue weighted by Gasteiger charge is -2.23. The third-order valence-corrected chi connectivity index (χ3v) is 7.01. The van der Waals surface area contributed by atoms with Crippen molar-refractivity contribution in [1.82, 2.24) is 9.55 Å². The van der Waals surface area contributed by atoms with E-state index in [4.69, 9.17) is 18.9 Å². The number of anilines is 1. The van der Waals surface area contributed by atoms with E-state index in [-0.39, 0.29) is 6.61 Å². The van der Waals surface area contributed by atoms with E-state index in [9.17, 15) is 23.6 Å². The van der Waals surface area contributed by atoms with Gasteiger partial charge in [0.2, 0.25) is 0 Å². The highest BCUT2D eigenvalue weighted by molar-refractivity contribution is 5.83. The number of esters is 2. The molecule has 0 bridgehead atoms. The van der Waals surface area contributed by atoms with Gasteiger partial charge in [-0.1, -0.05) is 69.8 Å². The first kappa shape index (κ1) is 36.7. The van der Waals surface area contributed by atoms with Crippen molar-refractivity contribution >= 4 is 23.8 Å². The van der Waals surface area contributed by atoms with Gasteiger partial charge in [-0.3, -0.25) is 19.5 Å². The fourth-order valence-electron chi connectivity index (χ4n) is 4.80. The molecule has 44 heavy (non-hydrogen) atoms. The minimum Gasteiger partial charge on any atom is -0.456 e. The second-order valence-corrected chi connectivity index (χ2v) is 10.9. The minimum atomic E-state index is -1.31. The van der Waals surface area contributed by atoms with E-state index in [1.165, 1.54) is 32.6 Å². The zero-order chi connectivity index (χ0) is 32.3. The summed E-state index contributed by atoms with van der Waals surface area (Å²) in [7, 11) is 0. The van der Waals surface area contributed by atoms with Gasteiger partial charge in [0.1, 0.15) is 0 Å². The maximum atomic E-state index is 14.8. The third kappa shape index (κ3) is 13.4. The van der Waals surface area contributed by atoms with Gasteiger partial charge in [0.05, 0.1) is 18.9 Å². The van der Waals surface area contributed by atoms with E-state index in [2.05, 4.69) is 41.5 Å². The van der Waals surface area contributed by atoms with E-state index >= 15 is 0 Å². The molecule has 1 aromatic heterocycles. The molecule has 1 aromatic rings. The van der Waals surface area contributed by atoms with Crippen LogP contribution < -0.4 is 11.0 Å². The Morgan fingerprint density at radius 2 is 1.52 bits per heavy atom. The number of nitrogens with one attached hydrogen (secondary N) is 1. The molecule has 2 rings (SSSR count). The van der Waals surface area contributed by atoms with Crippen molar-refractivity contribution < 1.29 is 37.7 Å². The van der Waals surface area contributed by atoms with Gasteiger partial charge in [-0.25, -0.2) is 14.0 Å². The lowest BCUT2D eigenvalue weighted by molar-refractivity contribution is -0.165. The molecule has 0 saturated carbocycles. The highest BCUT2D eigenvalue weighted by Crippen LogP contribution is 2.33. The van der Waals surface area contributed by atoms with E-state index in [0.29, 0.717) is 6.42 Å². The predicted octanol–water partition coefficient (Wildman–Crippen LogP) is 6.53. The average Bonchev–Trinajstić information content (AvgIpc) is 3.25. The molecule has 0 spiro atoms. The van der Waals surface area contributed by atoms with Gasteiger partial charge in [0.15, 0.2) is 30.1 Å². The molecule has 1 N–H and O–H groups in total. The zero-order valence-corrected chi connectivity index (χ0v) is 26.4. The molecular weight excluding hydrogens is 573 g/mol. The highest BCUT2D eigenvalue weighted by Gasteiger charge is 2.48. The fourth-order valence-corrected chi connectivity index (χ4v) is 4.80. The summed E-state index contributed by atoms with van der Waals surface area (Å²) < 4.78 is 36.8. The first-order valence-corrected chi connectivity index (χ1v) is 15.7. The van der Waals surface area contributed by atoms with Crippen LogP contribution >= 0.6 is 0 Å². The number of carbonyl (C=O) groups excluding carboxylic acids is 3. The molecule has 11 nitrogen and oxygen atoms in total. The van der Waals surface area contributed by atoms with Gasteiger partial charge in [0, 0.05) is 13.8 Å². The van der Waals surface area contributed by atoms with Gasteiger partial charge in [-0.05, 0) is 45.4 Å². The summed E-state index contributed by atoms with van der Waals surface area (Å²) in [5.74, 6) is -3.01. The summed E-state index contributed by atoms with van der Waals surface area (Å²) in [6.45, 7) is 6.23. The monoisotopic (exact) mass is 621 g/mol. The first-order valence-electron chi connectivity index (χ1n) is 15.7. The topological polar surface area (TPSA) is 135 Å². The van der Waals surface area contributed by atoms with Crippen molar-refractivity contribution in [2.24, 2.45) is 0 Å². The molecule has 4 atom stereocenters. The lowest BCUT2D eigenvalue weighted by atomic mass is 10.1. The number of nitrogens with zero attached hydrogens (tertiary/aromatic N) is 2. The van der Waals surface area contributed by atoms with Gasteiger partial charge >= 0.3 is 23.7 Å². The molecule has 0 aromatic carbocycles. The van der Waals surface area contributed by atoms with Crippen molar-refractivity contribution in [3.63, 3.8) is 0 Å². The van der Waals surface area contributed by atoms with Crippen molar-refractivity contribution in [2.45, 2.75) is 129 Å². The number of ether oxygens (including phenoxy) is 4. The molecule has 1 saturated heterocycles. The Balaban J connectivity index is 1.69. The Morgan fingerprint density at radius 1 is 0.932 bits per heavy atom. The van der Waals surface area contributed by atoms with Crippen molar-refractivity contribution in [3.05, 3.63) is 46.8 Å². The molecular formula is C32H48FN3O8. The Bertz CT molecular complexity index is 1170. The summed E-state index contributed by atoms with van der Waals surface area (Å²) in [5, 5.41) is 2.14. The summed E-state index contributed by atoms with van der Waals surface area (Å²) in [5.41, 5.74) is -0.982. The number of amides is 1. The Hall–Kier alpha value is -3.54. The fraction of sp³-hybridized carbons (Fsp3) is 0.656. The van der Waals surface area contributed by atoms with E-state index < -0.39 is 59.9 Å². The largest absolute Gasteiger partial charge is 0.456 e. The molecule has 1 aliphatic heterocycles. The average molecular weight is 622 g/mol. The Kier molecular flexibility index (Phi) is 17.0. The van der Waals surface area contributed by atoms with Crippen molar-refractivity contribution in [3.8, 4) is 0 Å². The zero-order valence-electron chi connectivity index (χ0n) is 26.4. The number of unbranched alkanes of at least 4 members (excludes halogenated alkanes) is 9. The van der Waals surface area contributed by atoms with Crippen molar-refractivity contribution in [1.29, 1.82) is 0 Å². The third-order valence-electron chi connectivity index (χ3n) is 7.01. The summed E-state index contributed by atoms with van der Waals surface area (Å²) in [4.78, 5) is 51.6. The van der Waals surface area contributed by atoms with Crippen molar-refractivity contribution in [2.75, 3.05) is 11.9 Å². The van der Waals surface area contributed by atoms with Crippen LogP contribution in [0.15, 0.2) is 35.3 Å². The normalized spacial score (nSPS) is 19.8. The minimum absolute atomic E-state index is 0.147. The van der Waals surface area contributed by atoms with Crippen LogP contribution in [0.25, 0.3) is 0 Å². The van der Waals surface area contributed by atoms with Crippen LogP contribution in [-0.4, -0.2) is 52.5 Å². The van der Waals surface area contributed by atoms with Crippen LogP contribution in [0.1, 0.15) is 111 Å². The summed E-state index contributed by atoms with van der Waals surface area (Å²) >= 11 is 0. The number of hydrogen-bond donors (Lipinski definition) is 1. The number of rotatable bonds is 19. The lowest BCUT2D eigenvalue weighted by Crippen LogP contribution is -2.40. The summed E-state index contributed by atoms with van der Waals surface area (Å²) in [6, 6.07) is 0. The Morgan fingerprint density at radius 3 is 2.16 bits per heavy atom. The first-order chi connectivity index (χ1) is 21.1. The maximum Gasteiger partial charge on any atom is 0.412 e. The Labute approximate surface area is 259 Å². The van der Waals surface area contributed by atoms with Crippen LogP contribution in [0.2, 0.25) is 0 Å². The quantitative estimate of drug-likeness (QED) is 0.0792. The van der Waals surface area contributed by atoms with Crippen LogP contribution in [0, 0.1) is 5.82 Å². The van der Waals surface area contributed by atoms with Gasteiger partial charge < -0.3 is 18.9 Å². The van der Waals surface area contributed by atoms with Gasteiger partial charge in [-0.15, -0.1) is 0 Å². The molecule has 1 aliphatic rings. The molecule has 246 valence electrons. The number of aromatic nitrogens is 2. The molecule has 12 heteroatoms. The number of allylic oxidation sites excluding steroid dienone is 4. The van der Waals surface area contributed by atoms with E-state index in [0.717, 1.165) is 62.6 Å². The van der Waals surface area contributed by atoms with Crippen LogP contribution in [0.4, 0.5) is 15.0 Å². The van der Waals surface area contributed by atoms with Crippen LogP contribution in [0.5, 0.6) is 0 Å². The maximum absolute atomic E-state index is 14.8. The molecule has 0 aliphatic carbocycles. The predicted molar refractivity (Wildman–Crippen MR) is 163 cm³/mol. The van der Waals surface area contributed by atoms with Crippen LogP contribution in [-0.2, 0) is 28.5 Å². The van der Waals surface area contributed by atoms with Gasteiger partial charge in [-0.2, -0.15) is 4.98 Å². The highest BCUT2D eigenvalue weighted by atomic mass is 19.1. The van der Waals surface area contributed by atoms with E-state index in [1.807, 2.05) is 0 Å². The number of carbonyl (C=O) groups is 3. The summed E-state index contributed by atoms with van der Waals surface area (Å²) in [6.07, 6.45) is 17.5. The standard InChI is InChI=1S/C32H48FN3O8/c1-5-6-7-8-9-10-11-12-13-14-15-16-17-18-19-20-21-41-32(40)35-29-26(33)22-36(31(39)34-29)30-28(44-25(4)38)27(23(2)42-30)43-24(3)37/h9-10,12-13,22-23,27-28,30H,5-8,11,14-21H2,1-4H3,(H,34,35,39,40)/b10-9-,13-12-. The van der Waals surface area contributed by atoms with Gasteiger partial charge in [0.25, 0.3) is 0 Å².